The van der Waals surface area contributed by atoms with E-state index in [0.29, 0.717) is 17.1 Å². The molecule has 4 atom stereocenters. The highest BCUT2D eigenvalue weighted by molar-refractivity contribution is 6.06. The molecule has 3 aliphatic rings. The topological polar surface area (TPSA) is 94.5 Å². The fourth-order valence-corrected chi connectivity index (χ4v) is 4.20. The van der Waals surface area contributed by atoms with Gasteiger partial charge < -0.3 is 14.2 Å². The van der Waals surface area contributed by atoms with Crippen molar-refractivity contribution in [1.82, 2.24) is 5.01 Å². The molecule has 2 amide bonds. The second kappa shape index (κ2) is 7.10. The summed E-state index contributed by atoms with van der Waals surface area (Å²) >= 11 is 0. The number of hydrogen-bond acceptors (Lipinski definition) is 7. The molecule has 2 aliphatic carbocycles. The molecule has 0 unspecified atom stereocenters. The molecule has 28 heavy (non-hydrogen) atoms. The zero-order valence-electron chi connectivity index (χ0n) is 15.5. The number of methoxy groups -OCH3 is 2. The summed E-state index contributed by atoms with van der Waals surface area (Å²) in [7, 11) is 2.75. The van der Waals surface area contributed by atoms with E-state index in [1.807, 2.05) is 12.2 Å². The van der Waals surface area contributed by atoms with Crippen LogP contribution >= 0.6 is 0 Å². The Bertz CT molecular complexity index is 863. The molecular weight excluding hydrogens is 364 g/mol. The highest BCUT2D eigenvalue weighted by Crippen LogP contribution is 2.52. The molecule has 8 heteroatoms. The summed E-state index contributed by atoms with van der Waals surface area (Å²) in [5, 5.41) is 5.13. The van der Waals surface area contributed by atoms with Gasteiger partial charge in [0, 0.05) is 0 Å². The standard InChI is InChI=1S/C20H20N2O6/c1-26-15-7-11(3-6-14(15)28-10-16(23)27-2)9-21-22-19(24)17-12-4-5-13(8-12)18(17)20(22)25/h3-7,9,12-13,17-18H,8,10H2,1-2H3/t12-,13-,17-,18+/m0/s1. The van der Waals surface area contributed by atoms with Gasteiger partial charge in [0.2, 0.25) is 0 Å². The van der Waals surface area contributed by atoms with E-state index in [1.54, 1.807) is 18.2 Å². The number of esters is 1. The second-order valence-electron chi connectivity index (χ2n) is 7.01. The summed E-state index contributed by atoms with van der Waals surface area (Å²) in [6.07, 6.45) is 6.41. The smallest absolute Gasteiger partial charge is 0.343 e. The van der Waals surface area contributed by atoms with Gasteiger partial charge in [0.05, 0.1) is 32.3 Å². The molecule has 2 fully saturated rings. The largest absolute Gasteiger partial charge is 0.493 e. The van der Waals surface area contributed by atoms with Crippen LogP contribution in [0.25, 0.3) is 0 Å². The number of nitrogens with zero attached hydrogens (tertiary/aromatic N) is 2. The average molecular weight is 384 g/mol. The predicted octanol–water partition coefficient (Wildman–Crippen LogP) is 1.39. The maximum Gasteiger partial charge on any atom is 0.343 e. The average Bonchev–Trinajstić information content (AvgIpc) is 3.39. The van der Waals surface area contributed by atoms with Crippen molar-refractivity contribution >= 4 is 24.0 Å². The lowest BCUT2D eigenvalue weighted by molar-refractivity contribution is -0.143. The fourth-order valence-electron chi connectivity index (χ4n) is 4.20. The van der Waals surface area contributed by atoms with E-state index in [0.717, 1.165) is 11.4 Å². The Hall–Kier alpha value is -3.16. The maximum absolute atomic E-state index is 12.6. The molecule has 0 spiro atoms. The molecule has 1 saturated carbocycles. The molecule has 1 aromatic carbocycles. The first-order chi connectivity index (χ1) is 13.5. The molecule has 1 saturated heterocycles. The Morgan fingerprint density at radius 2 is 1.82 bits per heavy atom. The van der Waals surface area contributed by atoms with Crippen molar-refractivity contribution in [3.63, 3.8) is 0 Å². The highest BCUT2D eigenvalue weighted by Gasteiger charge is 2.59. The Kier molecular flexibility index (Phi) is 4.62. The van der Waals surface area contributed by atoms with Crippen LogP contribution in [0, 0.1) is 23.7 Å². The van der Waals surface area contributed by atoms with E-state index in [-0.39, 0.29) is 42.1 Å². The van der Waals surface area contributed by atoms with Crippen LogP contribution in [-0.4, -0.2) is 49.8 Å². The van der Waals surface area contributed by atoms with Gasteiger partial charge in [-0.15, -0.1) is 0 Å². The number of amides is 2. The number of rotatable bonds is 6. The van der Waals surface area contributed by atoms with Gasteiger partial charge in [0.15, 0.2) is 18.1 Å². The minimum atomic E-state index is -0.507. The van der Waals surface area contributed by atoms with E-state index in [4.69, 9.17) is 9.47 Å². The Balaban J connectivity index is 1.48. The monoisotopic (exact) mass is 384 g/mol. The van der Waals surface area contributed by atoms with Crippen molar-refractivity contribution in [3.05, 3.63) is 35.9 Å². The molecule has 1 heterocycles. The van der Waals surface area contributed by atoms with Gasteiger partial charge in [0.25, 0.3) is 11.8 Å². The summed E-state index contributed by atoms with van der Waals surface area (Å²) in [5.74, 6) is -0.446. The van der Waals surface area contributed by atoms with E-state index in [1.165, 1.54) is 20.4 Å². The molecule has 0 N–H and O–H groups in total. The van der Waals surface area contributed by atoms with Gasteiger partial charge >= 0.3 is 5.97 Å². The van der Waals surface area contributed by atoms with Gasteiger partial charge in [-0.3, -0.25) is 9.59 Å². The van der Waals surface area contributed by atoms with Crippen LogP contribution in [0.15, 0.2) is 35.5 Å². The molecule has 4 rings (SSSR count). The molecule has 1 aliphatic heterocycles. The third-order valence-electron chi connectivity index (χ3n) is 5.53. The molecule has 146 valence electrons. The van der Waals surface area contributed by atoms with E-state index in [2.05, 4.69) is 9.84 Å². The Morgan fingerprint density at radius 1 is 1.14 bits per heavy atom. The number of allylic oxidation sites excluding steroid dienone is 2. The lowest BCUT2D eigenvalue weighted by Gasteiger charge is -2.13. The molecule has 2 bridgehead atoms. The van der Waals surface area contributed by atoms with Crippen LogP contribution < -0.4 is 9.47 Å². The predicted molar refractivity (Wildman–Crippen MR) is 97.7 cm³/mol. The van der Waals surface area contributed by atoms with Crippen LogP contribution in [0.4, 0.5) is 0 Å². The fraction of sp³-hybridized carbons (Fsp3) is 0.400. The molecule has 1 aromatic rings. The quantitative estimate of drug-likeness (QED) is 0.318. The first kappa shape index (κ1) is 18.2. The van der Waals surface area contributed by atoms with Gasteiger partial charge in [-0.05, 0) is 42.0 Å². The first-order valence-electron chi connectivity index (χ1n) is 9.01. The van der Waals surface area contributed by atoms with Crippen LogP contribution in [0.1, 0.15) is 12.0 Å². The van der Waals surface area contributed by atoms with Crippen molar-refractivity contribution in [2.45, 2.75) is 6.42 Å². The Labute approximate surface area is 161 Å². The van der Waals surface area contributed by atoms with Crippen molar-refractivity contribution in [2.24, 2.45) is 28.8 Å². The normalized spacial score (nSPS) is 27.6. The van der Waals surface area contributed by atoms with E-state index in [9.17, 15) is 14.4 Å². The lowest BCUT2D eigenvalue weighted by Crippen LogP contribution is -2.28. The molecule has 0 aromatic heterocycles. The van der Waals surface area contributed by atoms with Crippen molar-refractivity contribution < 1.29 is 28.6 Å². The van der Waals surface area contributed by atoms with Gasteiger partial charge in [-0.1, -0.05) is 12.2 Å². The molecule has 0 radical (unpaired) electrons. The van der Waals surface area contributed by atoms with Crippen LogP contribution in [0.5, 0.6) is 11.5 Å². The zero-order chi connectivity index (χ0) is 19.8. The number of fused-ring (bicyclic) bond motifs is 5. The summed E-state index contributed by atoms with van der Waals surface area (Å²) in [6, 6.07) is 4.96. The van der Waals surface area contributed by atoms with Gasteiger partial charge in [-0.25, -0.2) is 4.79 Å². The maximum atomic E-state index is 12.6. The number of carbonyl (C=O) groups excluding carboxylic acids is 3. The number of benzene rings is 1. The minimum Gasteiger partial charge on any atom is -0.493 e. The third-order valence-corrected chi connectivity index (χ3v) is 5.53. The molecular formula is C20H20N2O6. The number of ether oxygens (including phenoxy) is 3. The SMILES string of the molecule is COC(=O)COc1ccc(C=NN2C(=O)[C@@H]3[C@H](C2=O)[C@H]2C=C[C@H]3C2)cc1OC. The van der Waals surface area contributed by atoms with Crippen LogP contribution in [-0.2, 0) is 19.1 Å². The summed E-state index contributed by atoms with van der Waals surface area (Å²) in [6.45, 7) is -0.240. The van der Waals surface area contributed by atoms with Crippen LogP contribution in [0.2, 0.25) is 0 Å². The summed E-state index contributed by atoms with van der Waals surface area (Å²) in [5.41, 5.74) is 0.626. The lowest BCUT2D eigenvalue weighted by atomic mass is 9.85. The Morgan fingerprint density at radius 3 is 2.43 bits per heavy atom. The summed E-state index contributed by atoms with van der Waals surface area (Å²) in [4.78, 5) is 36.5. The zero-order valence-corrected chi connectivity index (χ0v) is 15.5. The van der Waals surface area contributed by atoms with Crippen LogP contribution in [0.3, 0.4) is 0 Å². The minimum absolute atomic E-state index is 0.151. The van der Waals surface area contributed by atoms with Crippen molar-refractivity contribution in [3.8, 4) is 11.5 Å². The second-order valence-corrected chi connectivity index (χ2v) is 7.01. The third kappa shape index (κ3) is 2.94. The van der Waals surface area contributed by atoms with E-state index < -0.39 is 5.97 Å². The number of carbonyl (C=O) groups is 3. The van der Waals surface area contributed by atoms with Crippen molar-refractivity contribution in [1.29, 1.82) is 0 Å². The number of imide groups is 1. The van der Waals surface area contributed by atoms with Gasteiger partial charge in [-0.2, -0.15) is 10.1 Å². The van der Waals surface area contributed by atoms with Crippen molar-refractivity contribution in [2.75, 3.05) is 20.8 Å². The first-order valence-corrected chi connectivity index (χ1v) is 9.01. The summed E-state index contributed by atoms with van der Waals surface area (Å²) < 4.78 is 15.2. The van der Waals surface area contributed by atoms with E-state index >= 15 is 0 Å². The highest BCUT2D eigenvalue weighted by atomic mass is 16.6. The number of hydrogen-bond donors (Lipinski definition) is 0. The molecule has 8 nitrogen and oxygen atoms in total. The number of hydrazone groups is 1. The van der Waals surface area contributed by atoms with Gasteiger partial charge in [0.1, 0.15) is 0 Å².